The van der Waals surface area contributed by atoms with E-state index in [1.165, 1.54) is 6.07 Å². The molecule has 3 aromatic rings. The van der Waals surface area contributed by atoms with E-state index in [9.17, 15) is 13.2 Å². The van der Waals surface area contributed by atoms with E-state index in [4.69, 9.17) is 16.3 Å². The number of sulfonamides is 1. The molecule has 0 aliphatic carbocycles. The molecule has 1 amide bonds. The van der Waals surface area contributed by atoms with Gasteiger partial charge in [0, 0.05) is 29.6 Å². The first kappa shape index (κ1) is 21.2. The minimum Gasteiger partial charge on any atom is -0.476 e. The molecule has 8 nitrogen and oxygen atoms in total. The second-order valence-electron chi connectivity index (χ2n) is 7.24. The lowest BCUT2D eigenvalue weighted by Crippen LogP contribution is -2.50. The van der Waals surface area contributed by atoms with E-state index in [2.05, 4.69) is 10.3 Å². The average molecular weight is 461 g/mol. The maximum Gasteiger partial charge on any atom is 0.263 e. The minimum atomic E-state index is -3.61. The quantitative estimate of drug-likeness (QED) is 0.631. The molecule has 0 unspecified atom stereocenters. The Morgan fingerprint density at radius 2 is 2.00 bits per heavy atom. The van der Waals surface area contributed by atoms with Gasteiger partial charge < -0.3 is 14.6 Å². The molecule has 10 heteroatoms. The Morgan fingerprint density at radius 3 is 2.65 bits per heavy atom. The molecule has 0 radical (unpaired) electrons. The molecule has 0 saturated carbocycles. The van der Waals surface area contributed by atoms with Crippen molar-refractivity contribution in [2.75, 3.05) is 17.1 Å². The fraction of sp³-hybridized carbons (Fsp3) is 0.238. The lowest BCUT2D eigenvalue weighted by molar-refractivity contribution is -0.127. The summed E-state index contributed by atoms with van der Waals surface area (Å²) in [7, 11) is -3.61. The highest BCUT2D eigenvalue weighted by Crippen LogP contribution is 2.37. The third-order valence-electron chi connectivity index (χ3n) is 4.99. The number of nitrogens with one attached hydrogen (secondary N) is 1. The summed E-state index contributed by atoms with van der Waals surface area (Å²) in [4.78, 5) is 16.9. The summed E-state index contributed by atoms with van der Waals surface area (Å²) in [6.07, 6.45) is 3.72. The van der Waals surface area contributed by atoms with Crippen LogP contribution in [0.5, 0.6) is 5.75 Å². The summed E-state index contributed by atoms with van der Waals surface area (Å²) in [6, 6.07) is 12.4. The maximum absolute atomic E-state index is 12.7. The zero-order valence-electron chi connectivity index (χ0n) is 16.9. The second kappa shape index (κ2) is 8.24. The number of amides is 1. The van der Waals surface area contributed by atoms with Gasteiger partial charge in [0.05, 0.1) is 18.5 Å². The van der Waals surface area contributed by atoms with E-state index < -0.39 is 22.0 Å². The number of hydrogen-bond acceptors (Lipinski definition) is 5. The third kappa shape index (κ3) is 4.52. The first-order valence-electron chi connectivity index (χ1n) is 9.53. The molecule has 4 rings (SSSR count). The van der Waals surface area contributed by atoms with Crippen molar-refractivity contribution in [1.82, 2.24) is 14.9 Å². The Morgan fingerprint density at radius 1 is 1.26 bits per heavy atom. The molecule has 0 spiro atoms. The van der Waals surface area contributed by atoms with Crippen molar-refractivity contribution in [3.8, 4) is 11.4 Å². The van der Waals surface area contributed by atoms with E-state index in [-0.39, 0.29) is 13.1 Å². The van der Waals surface area contributed by atoms with Crippen LogP contribution in [0.1, 0.15) is 11.4 Å². The number of benzene rings is 2. The molecule has 0 fully saturated rings. The topological polar surface area (TPSA) is 93.5 Å². The Balaban J connectivity index is 1.45. The van der Waals surface area contributed by atoms with E-state index in [1.54, 1.807) is 18.3 Å². The van der Waals surface area contributed by atoms with Gasteiger partial charge in [0.25, 0.3) is 5.91 Å². The first-order chi connectivity index (χ1) is 14.7. The normalized spacial score (nSPS) is 15.8. The maximum atomic E-state index is 12.7. The first-order valence-corrected chi connectivity index (χ1v) is 11.8. The molecule has 1 N–H and O–H groups in total. The number of imidazole rings is 1. The van der Waals surface area contributed by atoms with Crippen molar-refractivity contribution >= 4 is 33.2 Å². The predicted molar refractivity (Wildman–Crippen MR) is 118 cm³/mol. The number of rotatable bonds is 5. The van der Waals surface area contributed by atoms with Crippen molar-refractivity contribution < 1.29 is 17.9 Å². The summed E-state index contributed by atoms with van der Waals surface area (Å²) in [5.41, 5.74) is 2.20. The van der Waals surface area contributed by atoms with Gasteiger partial charge in [0.15, 0.2) is 6.10 Å². The Hall–Kier alpha value is -3.04. The molecule has 1 atom stereocenters. The van der Waals surface area contributed by atoms with E-state index >= 15 is 0 Å². The van der Waals surface area contributed by atoms with E-state index in [1.807, 2.05) is 42.0 Å². The predicted octanol–water partition coefficient (Wildman–Crippen LogP) is 2.68. The molecular formula is C21H21ClN4O4S. The Labute approximate surface area is 185 Å². The smallest absolute Gasteiger partial charge is 0.263 e. The molecule has 1 aliphatic rings. The van der Waals surface area contributed by atoms with E-state index in [0.717, 1.165) is 27.6 Å². The highest BCUT2D eigenvalue weighted by molar-refractivity contribution is 7.92. The molecule has 0 bridgehead atoms. The third-order valence-corrected chi connectivity index (χ3v) is 6.37. The number of nitrogens with zero attached hydrogens (tertiary/aromatic N) is 3. The number of aromatic nitrogens is 2. The van der Waals surface area contributed by atoms with Gasteiger partial charge in [0.2, 0.25) is 10.0 Å². The zero-order chi connectivity index (χ0) is 22.2. The van der Waals surface area contributed by atoms with Crippen LogP contribution in [0.3, 0.4) is 0 Å². The van der Waals surface area contributed by atoms with Gasteiger partial charge in [0.1, 0.15) is 11.6 Å². The molecular weight excluding hydrogens is 440 g/mol. The standard InChI is InChI=1S/C21H21ClN4O4S/c1-14-23-9-10-25(14)17-6-3-15(4-7-17)12-24-21(27)20-13-26(31(2,28)29)18-11-16(22)5-8-19(18)30-20/h3-11,20H,12-13H2,1-2H3,(H,24,27)/t20-/m1/s1. The number of carbonyl (C=O) groups excluding carboxylic acids is 1. The molecule has 162 valence electrons. The summed E-state index contributed by atoms with van der Waals surface area (Å²) in [6.45, 7) is 2.08. The highest BCUT2D eigenvalue weighted by Gasteiger charge is 2.35. The number of ether oxygens (including phenoxy) is 1. The zero-order valence-corrected chi connectivity index (χ0v) is 18.5. The van der Waals surface area contributed by atoms with Crippen LogP contribution in [0.2, 0.25) is 5.02 Å². The largest absolute Gasteiger partial charge is 0.476 e. The Bertz CT molecular complexity index is 1220. The lowest BCUT2D eigenvalue weighted by Gasteiger charge is -2.34. The van der Waals surface area contributed by atoms with Crippen molar-refractivity contribution in [3.63, 3.8) is 0 Å². The molecule has 1 aromatic heterocycles. The number of anilines is 1. The summed E-state index contributed by atoms with van der Waals surface area (Å²) in [5.74, 6) is 0.776. The van der Waals surface area contributed by atoms with E-state index in [0.29, 0.717) is 16.5 Å². The van der Waals surface area contributed by atoms with Gasteiger partial charge in [-0.15, -0.1) is 0 Å². The summed E-state index contributed by atoms with van der Waals surface area (Å²) < 4.78 is 33.4. The summed E-state index contributed by atoms with van der Waals surface area (Å²) in [5, 5.41) is 3.20. The van der Waals surface area contributed by atoms with Gasteiger partial charge in [-0.1, -0.05) is 23.7 Å². The van der Waals surface area contributed by atoms with Gasteiger partial charge >= 0.3 is 0 Å². The van der Waals surface area contributed by atoms with Gasteiger partial charge in [-0.2, -0.15) is 0 Å². The van der Waals surface area contributed by atoms with Crippen LogP contribution in [0.4, 0.5) is 5.69 Å². The van der Waals surface area contributed by atoms with Crippen LogP contribution in [0, 0.1) is 6.92 Å². The van der Waals surface area contributed by atoms with Gasteiger partial charge in [-0.3, -0.25) is 9.10 Å². The SMILES string of the molecule is Cc1nccn1-c1ccc(CNC(=O)[C@H]2CN(S(C)(=O)=O)c3cc(Cl)ccc3O2)cc1. The van der Waals surface area contributed by atoms with Crippen LogP contribution in [0.15, 0.2) is 54.9 Å². The van der Waals surface area contributed by atoms with Crippen molar-refractivity contribution in [2.45, 2.75) is 19.6 Å². The van der Waals surface area contributed by atoms with Crippen LogP contribution in [0.25, 0.3) is 5.69 Å². The minimum absolute atomic E-state index is 0.128. The monoisotopic (exact) mass is 460 g/mol. The fourth-order valence-corrected chi connectivity index (χ4v) is 4.48. The number of halogens is 1. The van der Waals surface area contributed by atoms with Crippen LogP contribution in [-0.4, -0.2) is 42.8 Å². The van der Waals surface area contributed by atoms with Crippen molar-refractivity contribution in [1.29, 1.82) is 0 Å². The van der Waals surface area contributed by atoms with Gasteiger partial charge in [-0.25, -0.2) is 13.4 Å². The van der Waals surface area contributed by atoms with Crippen molar-refractivity contribution in [3.05, 3.63) is 71.3 Å². The number of fused-ring (bicyclic) bond motifs is 1. The average Bonchev–Trinajstić information content (AvgIpc) is 3.16. The van der Waals surface area contributed by atoms with Crippen LogP contribution in [-0.2, 0) is 21.4 Å². The number of carbonyl (C=O) groups is 1. The van der Waals surface area contributed by atoms with Gasteiger partial charge in [-0.05, 0) is 42.8 Å². The molecule has 2 heterocycles. The Kier molecular flexibility index (Phi) is 5.63. The van der Waals surface area contributed by atoms with Crippen LogP contribution >= 0.6 is 11.6 Å². The van der Waals surface area contributed by atoms with Crippen LogP contribution < -0.4 is 14.4 Å². The molecule has 1 aliphatic heterocycles. The number of aryl methyl sites for hydroxylation is 1. The second-order valence-corrected chi connectivity index (χ2v) is 9.58. The fourth-order valence-electron chi connectivity index (χ4n) is 3.40. The summed E-state index contributed by atoms with van der Waals surface area (Å²) >= 11 is 6.00. The number of hydrogen-bond donors (Lipinski definition) is 1. The highest BCUT2D eigenvalue weighted by atomic mass is 35.5. The lowest BCUT2D eigenvalue weighted by atomic mass is 10.2. The molecule has 2 aromatic carbocycles. The van der Waals surface area contributed by atoms with Crippen molar-refractivity contribution in [2.24, 2.45) is 0 Å². The molecule has 31 heavy (non-hydrogen) atoms. The molecule has 0 saturated heterocycles.